The van der Waals surface area contributed by atoms with Crippen LogP contribution in [0.15, 0.2) is 126 Å². The lowest BCUT2D eigenvalue weighted by atomic mass is 9.33. The molecule has 0 saturated heterocycles. The number of hydrogen-bond donors (Lipinski definition) is 0. The van der Waals surface area contributed by atoms with Crippen LogP contribution in [0.3, 0.4) is 0 Å². The minimum atomic E-state index is -0.189. The lowest BCUT2D eigenvalue weighted by Crippen LogP contribution is -2.62. The Morgan fingerprint density at radius 3 is 1.74 bits per heavy atom. The maximum atomic E-state index is 6.89. The average Bonchev–Trinajstić information content (AvgIpc) is 3.72. The first-order valence-electron chi connectivity index (χ1n) is 23.9. The molecule has 0 amide bonds. The van der Waals surface area contributed by atoms with E-state index in [0.29, 0.717) is 0 Å². The van der Waals surface area contributed by atoms with Crippen LogP contribution in [-0.4, -0.2) is 6.71 Å². The van der Waals surface area contributed by atoms with Gasteiger partial charge in [0.25, 0.3) is 6.71 Å². The van der Waals surface area contributed by atoms with Gasteiger partial charge in [-0.3, -0.25) is 0 Å². The quantitative estimate of drug-likeness (QED) is 0.162. The Morgan fingerprint density at radius 2 is 1.06 bits per heavy atom. The van der Waals surface area contributed by atoms with E-state index in [4.69, 9.17) is 4.42 Å². The SMILES string of the molecule is Cc1cc2c3c(c1)N(c1cccc4c1oc1ccccc14)c1ccc(C(C)(C)C)cc1B3c1cc3c(cc1N2c1cc2c(cc1C)C(C)(C)c1ccccc1C2(C)C)C(C)(C)CC3(C)C. The molecule has 12 rings (SSSR count). The van der Waals surface area contributed by atoms with Gasteiger partial charge in [0.05, 0.1) is 5.69 Å². The molecule has 0 N–H and O–H groups in total. The highest BCUT2D eigenvalue weighted by Gasteiger charge is 2.49. The van der Waals surface area contributed by atoms with E-state index in [2.05, 4.69) is 221 Å². The second-order valence-corrected chi connectivity index (χ2v) is 23.5. The van der Waals surface area contributed by atoms with Crippen molar-refractivity contribution in [1.82, 2.24) is 0 Å². The minimum absolute atomic E-state index is 0.0141. The third-order valence-electron chi connectivity index (χ3n) is 16.4. The van der Waals surface area contributed by atoms with Crippen molar-refractivity contribution in [2.24, 2.45) is 0 Å². The van der Waals surface area contributed by atoms with E-state index in [1.54, 1.807) is 0 Å². The fraction of sp³-hybridized carbons (Fsp3) is 0.311. The molecule has 3 heterocycles. The Labute approximate surface area is 386 Å². The second kappa shape index (κ2) is 12.9. The summed E-state index contributed by atoms with van der Waals surface area (Å²) < 4.78 is 6.89. The fourth-order valence-corrected chi connectivity index (χ4v) is 13.3. The van der Waals surface area contributed by atoms with Crippen molar-refractivity contribution in [2.45, 2.75) is 124 Å². The van der Waals surface area contributed by atoms with Gasteiger partial charge in [0, 0.05) is 50.0 Å². The molecule has 2 aliphatic heterocycles. The van der Waals surface area contributed by atoms with Gasteiger partial charge in [-0.1, -0.05) is 155 Å². The average molecular weight is 849 g/mol. The third kappa shape index (κ3) is 5.43. The Hall–Kier alpha value is -6.00. The molecular weight excluding hydrogens is 787 g/mol. The highest BCUT2D eigenvalue weighted by atomic mass is 16.3. The van der Waals surface area contributed by atoms with Crippen LogP contribution in [0.4, 0.5) is 34.1 Å². The lowest BCUT2D eigenvalue weighted by Gasteiger charge is -2.47. The van der Waals surface area contributed by atoms with Crippen molar-refractivity contribution in [1.29, 1.82) is 0 Å². The molecule has 4 heteroatoms. The lowest BCUT2D eigenvalue weighted by molar-refractivity contribution is 0.403. The molecule has 1 aromatic heterocycles. The summed E-state index contributed by atoms with van der Waals surface area (Å²) in [6, 6.07) is 47.0. The highest BCUT2D eigenvalue weighted by Crippen LogP contribution is 2.56. The van der Waals surface area contributed by atoms with Crippen molar-refractivity contribution in [3.05, 3.63) is 171 Å². The Kier molecular flexibility index (Phi) is 8.02. The number of rotatable bonds is 2. The summed E-state index contributed by atoms with van der Waals surface area (Å²) in [6.07, 6.45) is 1.11. The van der Waals surface area contributed by atoms with Crippen LogP contribution in [0, 0.1) is 13.8 Å². The maximum Gasteiger partial charge on any atom is 0.252 e. The first-order valence-corrected chi connectivity index (χ1v) is 23.9. The monoisotopic (exact) mass is 848 g/mol. The fourth-order valence-electron chi connectivity index (χ4n) is 13.3. The van der Waals surface area contributed by atoms with Crippen molar-refractivity contribution in [2.75, 3.05) is 9.80 Å². The molecule has 0 bridgehead atoms. The zero-order chi connectivity index (χ0) is 45.5. The van der Waals surface area contributed by atoms with Crippen LogP contribution in [-0.2, 0) is 27.1 Å². The summed E-state index contributed by atoms with van der Waals surface area (Å²) in [6.45, 7) is 31.3. The van der Waals surface area contributed by atoms with Gasteiger partial charge in [0.15, 0.2) is 5.58 Å². The number of anilines is 6. The van der Waals surface area contributed by atoms with Crippen molar-refractivity contribution in [3.8, 4) is 0 Å². The van der Waals surface area contributed by atoms with Crippen LogP contribution in [0.5, 0.6) is 0 Å². The molecule has 0 atom stereocenters. The predicted molar refractivity (Wildman–Crippen MR) is 277 cm³/mol. The van der Waals surface area contributed by atoms with Gasteiger partial charge in [-0.15, -0.1) is 0 Å². The summed E-state index contributed by atoms with van der Waals surface area (Å²) in [5, 5.41) is 2.28. The van der Waals surface area contributed by atoms with E-state index in [0.717, 1.165) is 34.0 Å². The number of benzene rings is 7. The molecule has 0 spiro atoms. The molecule has 65 heavy (non-hydrogen) atoms. The van der Waals surface area contributed by atoms with Gasteiger partial charge in [-0.25, -0.2) is 0 Å². The summed E-state index contributed by atoms with van der Waals surface area (Å²) in [5.41, 5.74) is 25.5. The second-order valence-electron chi connectivity index (χ2n) is 23.5. The molecule has 2 aliphatic carbocycles. The number of hydrogen-bond acceptors (Lipinski definition) is 3. The van der Waals surface area contributed by atoms with Crippen LogP contribution in [0.2, 0.25) is 0 Å². The van der Waals surface area contributed by atoms with E-state index in [1.165, 1.54) is 94.9 Å². The Balaban J connectivity index is 1.21. The summed E-state index contributed by atoms with van der Waals surface area (Å²) in [5.74, 6) is 0. The van der Waals surface area contributed by atoms with Crippen LogP contribution in [0.25, 0.3) is 21.9 Å². The van der Waals surface area contributed by atoms with Gasteiger partial charge in [-0.2, -0.15) is 0 Å². The van der Waals surface area contributed by atoms with Crippen molar-refractivity contribution in [3.63, 3.8) is 0 Å². The Bertz CT molecular complexity index is 3390. The number of para-hydroxylation sites is 2. The zero-order valence-corrected chi connectivity index (χ0v) is 40.6. The van der Waals surface area contributed by atoms with E-state index >= 15 is 0 Å². The van der Waals surface area contributed by atoms with Crippen LogP contribution < -0.4 is 26.2 Å². The van der Waals surface area contributed by atoms with E-state index in [9.17, 15) is 0 Å². The van der Waals surface area contributed by atoms with E-state index in [-0.39, 0.29) is 33.8 Å². The van der Waals surface area contributed by atoms with Gasteiger partial charge >= 0.3 is 0 Å². The molecule has 324 valence electrons. The number of aryl methyl sites for hydroxylation is 2. The molecule has 0 fully saturated rings. The largest absolute Gasteiger partial charge is 0.454 e. The standard InChI is InChI=1S/C61H61BN2O/c1-35-27-52-55-53(28-35)64(50-33-45-44(29-36(50)2)60(10,11)40-21-15-16-22-41(40)61(45,12)13)51-32-43-42(58(6,7)34-59(43,8)9)31-47(51)62(55)46-30-37(57(3,4)5)25-26-48(46)63(52)49-23-18-20-39-38-19-14-17-24-54(38)65-56(39)49/h14-33H,34H2,1-13H3. The normalized spacial score (nSPS) is 18.0. The first-order chi connectivity index (χ1) is 30.7. The number of fused-ring (bicyclic) bond motifs is 10. The molecular formula is C61H61BN2O. The Morgan fingerprint density at radius 1 is 0.492 bits per heavy atom. The predicted octanol–water partition coefficient (Wildman–Crippen LogP) is 14.5. The van der Waals surface area contributed by atoms with Crippen LogP contribution >= 0.6 is 0 Å². The molecule has 8 aromatic rings. The van der Waals surface area contributed by atoms with Gasteiger partial charge < -0.3 is 14.2 Å². The summed E-state index contributed by atoms with van der Waals surface area (Å²) >= 11 is 0. The molecule has 4 aliphatic rings. The smallest absolute Gasteiger partial charge is 0.252 e. The zero-order valence-electron chi connectivity index (χ0n) is 40.6. The van der Waals surface area contributed by atoms with Crippen molar-refractivity contribution >= 4 is 79.2 Å². The summed E-state index contributed by atoms with van der Waals surface area (Å²) in [4.78, 5) is 5.23. The maximum absolute atomic E-state index is 6.89. The minimum Gasteiger partial charge on any atom is -0.454 e. The molecule has 0 saturated carbocycles. The van der Waals surface area contributed by atoms with Crippen LogP contribution in [0.1, 0.15) is 133 Å². The van der Waals surface area contributed by atoms with E-state index in [1.807, 2.05) is 0 Å². The number of nitrogens with zero attached hydrogens (tertiary/aromatic N) is 2. The topological polar surface area (TPSA) is 19.6 Å². The molecule has 0 radical (unpaired) electrons. The van der Waals surface area contributed by atoms with Gasteiger partial charge in [-0.05, 0) is 145 Å². The summed E-state index contributed by atoms with van der Waals surface area (Å²) in [7, 11) is 0. The number of furan rings is 1. The first kappa shape index (κ1) is 40.5. The van der Waals surface area contributed by atoms with Gasteiger partial charge in [0.2, 0.25) is 0 Å². The molecule has 3 nitrogen and oxygen atoms in total. The third-order valence-corrected chi connectivity index (χ3v) is 16.4. The highest BCUT2D eigenvalue weighted by molar-refractivity contribution is 7.00. The van der Waals surface area contributed by atoms with Gasteiger partial charge in [0.1, 0.15) is 5.58 Å². The molecule has 7 aromatic carbocycles. The molecule has 0 unspecified atom stereocenters. The van der Waals surface area contributed by atoms with Crippen molar-refractivity contribution < 1.29 is 4.42 Å². The van der Waals surface area contributed by atoms with E-state index < -0.39 is 0 Å².